The summed E-state index contributed by atoms with van der Waals surface area (Å²) >= 11 is 13.3. The van der Waals surface area contributed by atoms with Crippen LogP contribution in [0.15, 0.2) is 17.1 Å². The van der Waals surface area contributed by atoms with Gasteiger partial charge in [0.15, 0.2) is 11.0 Å². The molecule has 108 valence electrons. The van der Waals surface area contributed by atoms with E-state index in [0.717, 1.165) is 17.5 Å². The molecule has 0 radical (unpaired) electrons. The van der Waals surface area contributed by atoms with Crippen LogP contribution >= 0.6 is 35.0 Å². The van der Waals surface area contributed by atoms with Crippen LogP contribution < -0.4 is 5.32 Å². The van der Waals surface area contributed by atoms with Crippen molar-refractivity contribution in [2.45, 2.75) is 25.7 Å². The first kappa shape index (κ1) is 14.5. The highest BCUT2D eigenvalue weighted by atomic mass is 35.5. The zero-order valence-corrected chi connectivity index (χ0v) is 13.2. The van der Waals surface area contributed by atoms with E-state index in [0.29, 0.717) is 11.1 Å². The predicted octanol–water partition coefficient (Wildman–Crippen LogP) is 5.21. The molecule has 1 N–H and O–H groups in total. The zero-order chi connectivity index (χ0) is 14.2. The molecule has 0 bridgehead atoms. The average molecular weight is 333 g/mol. The second-order valence-corrected chi connectivity index (χ2v) is 7.27. The Hall–Kier alpha value is -0.450. The Morgan fingerprint density at radius 3 is 2.40 bits per heavy atom. The molecular weight excluding hydrogens is 318 g/mol. The lowest BCUT2D eigenvalue weighted by atomic mass is 9.89. The number of amidine groups is 1. The van der Waals surface area contributed by atoms with E-state index < -0.39 is 5.82 Å². The van der Waals surface area contributed by atoms with Crippen LogP contribution in [0.5, 0.6) is 0 Å². The lowest BCUT2D eigenvalue weighted by Crippen LogP contribution is -2.30. The van der Waals surface area contributed by atoms with Crippen molar-refractivity contribution in [2.75, 3.05) is 17.6 Å². The van der Waals surface area contributed by atoms with Gasteiger partial charge in [-0.25, -0.2) is 4.39 Å². The highest BCUT2D eigenvalue weighted by molar-refractivity contribution is 8.14. The first-order chi connectivity index (χ1) is 9.58. The molecule has 1 aliphatic heterocycles. The molecule has 1 fully saturated rings. The first-order valence-electron chi connectivity index (χ1n) is 6.67. The minimum absolute atomic E-state index is 0.0219. The van der Waals surface area contributed by atoms with Crippen molar-refractivity contribution < 1.29 is 4.39 Å². The molecule has 2 aliphatic rings. The molecule has 0 atom stereocenters. The van der Waals surface area contributed by atoms with E-state index in [1.807, 2.05) is 0 Å². The van der Waals surface area contributed by atoms with Gasteiger partial charge in [0, 0.05) is 18.0 Å². The van der Waals surface area contributed by atoms with Crippen molar-refractivity contribution >= 4 is 45.8 Å². The minimum atomic E-state index is -0.581. The third-order valence-corrected chi connectivity index (χ3v) is 5.78. The highest BCUT2D eigenvalue weighted by Gasteiger charge is 2.36. The number of nitrogens with one attached hydrogen (secondary N) is 1. The molecule has 0 saturated heterocycles. The zero-order valence-electron chi connectivity index (χ0n) is 10.9. The number of aliphatic imine (C=N–C) groups is 1. The smallest absolute Gasteiger partial charge is 0.161 e. The molecule has 1 aromatic carbocycles. The third-order valence-electron chi connectivity index (χ3n) is 3.97. The number of benzene rings is 1. The number of thioether (sulfide) groups is 1. The van der Waals surface area contributed by atoms with Gasteiger partial charge in [0.25, 0.3) is 0 Å². The summed E-state index contributed by atoms with van der Waals surface area (Å²) in [7, 11) is 0. The maximum atomic E-state index is 13.4. The van der Waals surface area contributed by atoms with Gasteiger partial charge in [0.2, 0.25) is 0 Å². The lowest BCUT2D eigenvalue weighted by molar-refractivity contribution is 0.359. The molecule has 0 aromatic heterocycles. The van der Waals surface area contributed by atoms with E-state index in [2.05, 4.69) is 10.3 Å². The van der Waals surface area contributed by atoms with Gasteiger partial charge < -0.3 is 5.32 Å². The van der Waals surface area contributed by atoms with Gasteiger partial charge in [-0.1, -0.05) is 47.8 Å². The summed E-state index contributed by atoms with van der Waals surface area (Å²) in [5, 5.41) is 4.08. The van der Waals surface area contributed by atoms with Crippen LogP contribution in [-0.2, 0) is 0 Å². The Morgan fingerprint density at radius 2 is 1.85 bits per heavy atom. The van der Waals surface area contributed by atoms with Crippen LogP contribution in [0.1, 0.15) is 25.7 Å². The number of anilines is 1. The normalized spacial score (nSPS) is 21.1. The number of hydrogen-bond donors (Lipinski definition) is 1. The van der Waals surface area contributed by atoms with E-state index in [4.69, 9.17) is 23.2 Å². The molecule has 6 heteroatoms. The molecule has 1 aliphatic carbocycles. The number of halogens is 3. The maximum Gasteiger partial charge on any atom is 0.161 e. The lowest BCUT2D eigenvalue weighted by Gasteiger charge is -2.31. The molecule has 20 heavy (non-hydrogen) atoms. The van der Waals surface area contributed by atoms with Gasteiger partial charge >= 0.3 is 0 Å². The molecule has 2 nitrogen and oxygen atoms in total. The Balaban J connectivity index is 1.71. The predicted molar refractivity (Wildman–Crippen MR) is 85.7 cm³/mol. The summed E-state index contributed by atoms with van der Waals surface area (Å²) in [6.45, 7) is 0.880. The van der Waals surface area contributed by atoms with Gasteiger partial charge in [0.1, 0.15) is 0 Å². The Labute approximate surface area is 132 Å². The second-order valence-electron chi connectivity index (χ2n) is 5.50. The van der Waals surface area contributed by atoms with Gasteiger partial charge in [-0.05, 0) is 30.4 Å². The Kier molecular flexibility index (Phi) is 4.16. The summed E-state index contributed by atoms with van der Waals surface area (Å²) in [6, 6.07) is 3.07. The summed E-state index contributed by atoms with van der Waals surface area (Å²) in [5.41, 5.74) is 1.09. The first-order valence-corrected chi connectivity index (χ1v) is 8.41. The SMILES string of the molecule is Fc1c(Cl)cc(NC2=NCC3(CCCC3)CS2)cc1Cl. The monoisotopic (exact) mass is 332 g/mol. The Bertz CT molecular complexity index is 533. The van der Waals surface area contributed by atoms with Gasteiger partial charge in [0.05, 0.1) is 10.0 Å². The van der Waals surface area contributed by atoms with Gasteiger partial charge in [-0.3, -0.25) is 4.99 Å². The van der Waals surface area contributed by atoms with Gasteiger partial charge in [-0.2, -0.15) is 0 Å². The number of rotatable bonds is 1. The third kappa shape index (κ3) is 2.92. The molecule has 1 saturated carbocycles. The van der Waals surface area contributed by atoms with E-state index in [9.17, 15) is 4.39 Å². The quantitative estimate of drug-likeness (QED) is 0.714. The largest absolute Gasteiger partial charge is 0.335 e. The van der Waals surface area contributed by atoms with Crippen LogP contribution in [0.4, 0.5) is 10.1 Å². The fourth-order valence-corrected chi connectivity index (χ4v) is 4.46. The van der Waals surface area contributed by atoms with Crippen molar-refractivity contribution in [1.29, 1.82) is 0 Å². The summed E-state index contributed by atoms with van der Waals surface area (Å²) in [5.74, 6) is 0.517. The van der Waals surface area contributed by atoms with E-state index >= 15 is 0 Å². The summed E-state index contributed by atoms with van der Waals surface area (Å²) < 4.78 is 13.4. The van der Waals surface area contributed by atoms with Gasteiger partial charge in [-0.15, -0.1) is 0 Å². The van der Waals surface area contributed by atoms with E-state index in [-0.39, 0.29) is 10.0 Å². The topological polar surface area (TPSA) is 24.4 Å². The molecule has 0 unspecified atom stereocenters. The fourth-order valence-electron chi connectivity index (χ4n) is 2.81. The number of nitrogens with zero attached hydrogens (tertiary/aromatic N) is 1. The fraction of sp³-hybridized carbons (Fsp3) is 0.500. The standard InChI is InChI=1S/C14H15Cl2FN2S/c15-10-5-9(6-11(16)12(10)17)19-13-18-7-14(8-20-13)3-1-2-4-14/h5-6H,1-4,7-8H2,(H,18,19). The minimum Gasteiger partial charge on any atom is -0.335 e. The average Bonchev–Trinajstić information content (AvgIpc) is 2.87. The molecule has 1 heterocycles. The van der Waals surface area contributed by atoms with E-state index in [1.54, 1.807) is 11.8 Å². The molecular formula is C14H15Cl2FN2S. The summed E-state index contributed by atoms with van der Waals surface area (Å²) in [6.07, 6.45) is 5.21. The van der Waals surface area contributed by atoms with E-state index in [1.165, 1.54) is 37.8 Å². The molecule has 1 spiro atoms. The summed E-state index contributed by atoms with van der Waals surface area (Å²) in [4.78, 5) is 4.63. The van der Waals surface area contributed by atoms with Crippen LogP contribution in [0.2, 0.25) is 10.0 Å². The van der Waals surface area contributed by atoms with Crippen LogP contribution in [0.25, 0.3) is 0 Å². The van der Waals surface area contributed by atoms with Crippen molar-refractivity contribution in [3.8, 4) is 0 Å². The van der Waals surface area contributed by atoms with Crippen molar-refractivity contribution in [1.82, 2.24) is 0 Å². The van der Waals surface area contributed by atoms with Crippen LogP contribution in [0.3, 0.4) is 0 Å². The molecule has 3 rings (SSSR count). The maximum absolute atomic E-state index is 13.4. The Morgan fingerprint density at radius 1 is 1.20 bits per heavy atom. The highest BCUT2D eigenvalue weighted by Crippen LogP contribution is 2.43. The van der Waals surface area contributed by atoms with Crippen LogP contribution in [0, 0.1) is 11.2 Å². The number of hydrogen-bond acceptors (Lipinski definition) is 3. The van der Waals surface area contributed by atoms with Crippen LogP contribution in [-0.4, -0.2) is 17.5 Å². The molecule has 1 aromatic rings. The van der Waals surface area contributed by atoms with Crippen molar-refractivity contribution in [3.05, 3.63) is 28.0 Å². The second kappa shape index (κ2) is 5.74. The van der Waals surface area contributed by atoms with Crippen molar-refractivity contribution in [3.63, 3.8) is 0 Å². The van der Waals surface area contributed by atoms with Crippen molar-refractivity contribution in [2.24, 2.45) is 10.4 Å². The molecule has 0 amide bonds.